The third-order valence-corrected chi connectivity index (χ3v) is 3.41. The summed E-state index contributed by atoms with van der Waals surface area (Å²) in [6, 6.07) is 1.70. The number of nitrogens with two attached hydrogens (primary N) is 1. The molecule has 0 bridgehead atoms. The number of anilines is 1. The van der Waals surface area contributed by atoms with Crippen molar-refractivity contribution in [1.82, 2.24) is 24.8 Å². The van der Waals surface area contributed by atoms with E-state index in [0.717, 1.165) is 12.1 Å². The number of rotatable bonds is 6. The number of nitrogen functional groups attached to an aromatic ring is 1. The lowest BCUT2D eigenvalue weighted by Gasteiger charge is -2.17. The Morgan fingerprint density at radius 1 is 1.41 bits per heavy atom. The van der Waals surface area contributed by atoms with E-state index in [1.54, 1.807) is 18.6 Å². The van der Waals surface area contributed by atoms with Gasteiger partial charge in [0.1, 0.15) is 5.69 Å². The fourth-order valence-corrected chi connectivity index (χ4v) is 2.08. The summed E-state index contributed by atoms with van der Waals surface area (Å²) in [6.07, 6.45) is 6.12. The molecule has 0 aliphatic rings. The first-order valence-corrected chi connectivity index (χ1v) is 7.40. The second-order valence-electron chi connectivity index (χ2n) is 5.53. The van der Waals surface area contributed by atoms with Gasteiger partial charge in [-0.1, -0.05) is 20.8 Å². The molecule has 0 aliphatic carbocycles. The molecule has 118 valence electrons. The Hall–Kier alpha value is -2.44. The lowest BCUT2D eigenvalue weighted by atomic mass is 10.1. The molecular weight excluding hydrogens is 280 g/mol. The van der Waals surface area contributed by atoms with Crippen LogP contribution in [0.25, 0.3) is 0 Å². The van der Waals surface area contributed by atoms with Crippen molar-refractivity contribution in [2.75, 3.05) is 5.73 Å². The van der Waals surface area contributed by atoms with E-state index in [2.05, 4.69) is 20.3 Å². The molecule has 0 aromatic carbocycles. The van der Waals surface area contributed by atoms with Crippen molar-refractivity contribution < 1.29 is 4.79 Å². The highest BCUT2D eigenvalue weighted by Crippen LogP contribution is 2.13. The van der Waals surface area contributed by atoms with Crippen molar-refractivity contribution in [3.63, 3.8) is 0 Å². The second-order valence-corrected chi connectivity index (χ2v) is 5.53. The molecule has 0 saturated heterocycles. The van der Waals surface area contributed by atoms with Crippen LogP contribution >= 0.6 is 0 Å². The van der Waals surface area contributed by atoms with Gasteiger partial charge in [-0.05, 0) is 18.4 Å². The van der Waals surface area contributed by atoms with Crippen LogP contribution < -0.4 is 11.1 Å². The molecular formula is C15H22N6O. The summed E-state index contributed by atoms with van der Waals surface area (Å²) in [6.45, 7) is 6.68. The third kappa shape index (κ3) is 4.03. The van der Waals surface area contributed by atoms with Crippen molar-refractivity contribution >= 4 is 11.9 Å². The number of hydrogen-bond donors (Lipinski definition) is 2. The first-order valence-electron chi connectivity index (χ1n) is 7.40. The number of carbonyl (C=O) groups is 1. The summed E-state index contributed by atoms with van der Waals surface area (Å²) in [4.78, 5) is 24.6. The molecule has 3 N–H and O–H groups in total. The van der Waals surface area contributed by atoms with Crippen LogP contribution in [0.3, 0.4) is 0 Å². The molecule has 0 radical (unpaired) electrons. The monoisotopic (exact) mass is 302 g/mol. The van der Waals surface area contributed by atoms with Crippen LogP contribution in [0.2, 0.25) is 0 Å². The van der Waals surface area contributed by atoms with Crippen LogP contribution in [0.15, 0.2) is 24.8 Å². The zero-order chi connectivity index (χ0) is 16.1. The maximum atomic E-state index is 12.4. The Balaban J connectivity index is 2.10. The van der Waals surface area contributed by atoms with Gasteiger partial charge in [-0.25, -0.2) is 15.0 Å². The normalized spacial score (nSPS) is 12.4. The Labute approximate surface area is 130 Å². The van der Waals surface area contributed by atoms with Gasteiger partial charge in [-0.3, -0.25) is 4.79 Å². The van der Waals surface area contributed by atoms with E-state index in [0.29, 0.717) is 12.2 Å². The van der Waals surface area contributed by atoms with Gasteiger partial charge >= 0.3 is 0 Å². The Kier molecular flexibility index (Phi) is 5.08. The van der Waals surface area contributed by atoms with Crippen LogP contribution in [-0.2, 0) is 6.54 Å². The quantitative estimate of drug-likeness (QED) is 0.844. The lowest BCUT2D eigenvalue weighted by molar-refractivity contribution is 0.0926. The van der Waals surface area contributed by atoms with Gasteiger partial charge in [-0.2, -0.15) is 0 Å². The van der Waals surface area contributed by atoms with Crippen LogP contribution in [0.1, 0.15) is 49.3 Å². The second kappa shape index (κ2) is 7.02. The van der Waals surface area contributed by atoms with Crippen molar-refractivity contribution in [3.8, 4) is 0 Å². The number of imidazole rings is 1. The number of hydrogen-bond acceptors (Lipinski definition) is 5. The first kappa shape index (κ1) is 15.9. The van der Waals surface area contributed by atoms with Gasteiger partial charge in [0.15, 0.2) is 0 Å². The number of nitrogens with zero attached hydrogens (tertiary/aromatic N) is 4. The minimum Gasteiger partial charge on any atom is -0.368 e. The fourth-order valence-electron chi connectivity index (χ4n) is 2.08. The molecule has 2 aromatic heterocycles. The zero-order valence-electron chi connectivity index (χ0n) is 13.2. The first-order chi connectivity index (χ1) is 10.5. The summed E-state index contributed by atoms with van der Waals surface area (Å²) in [5.74, 6) is 0.0757. The zero-order valence-corrected chi connectivity index (χ0v) is 13.2. The van der Waals surface area contributed by atoms with Gasteiger partial charge in [0.2, 0.25) is 5.95 Å². The minimum absolute atomic E-state index is 0.000361. The largest absolute Gasteiger partial charge is 0.368 e. The lowest BCUT2D eigenvalue weighted by Crippen LogP contribution is -2.38. The topological polar surface area (TPSA) is 98.7 Å². The predicted molar refractivity (Wildman–Crippen MR) is 84.3 cm³/mol. The molecule has 2 rings (SSSR count). The molecule has 2 heterocycles. The summed E-state index contributed by atoms with van der Waals surface area (Å²) in [5, 5.41) is 2.98. The molecule has 0 spiro atoms. The smallest absolute Gasteiger partial charge is 0.270 e. The summed E-state index contributed by atoms with van der Waals surface area (Å²) in [7, 11) is 0. The standard InChI is InChI=1S/C15H22N6O/c1-4-11(8-21-6-5-17-9-21)18-14(22)13-7-12(10(2)3)19-15(16)20-13/h5-7,9-11H,4,8H2,1-3H3,(H,18,22)(H2,16,19,20)/t11-/m0/s1. The van der Waals surface area contributed by atoms with Crippen LogP contribution in [0.4, 0.5) is 5.95 Å². The minimum atomic E-state index is -0.233. The van der Waals surface area contributed by atoms with E-state index in [1.165, 1.54) is 0 Å². The number of nitrogens with one attached hydrogen (secondary N) is 1. The molecule has 0 fully saturated rings. The molecule has 0 saturated carbocycles. The highest BCUT2D eigenvalue weighted by molar-refractivity contribution is 5.92. The third-order valence-electron chi connectivity index (χ3n) is 3.41. The maximum absolute atomic E-state index is 12.4. The van der Waals surface area contributed by atoms with Crippen LogP contribution in [-0.4, -0.2) is 31.5 Å². The molecule has 7 nitrogen and oxygen atoms in total. The predicted octanol–water partition coefficient (Wildman–Crippen LogP) is 1.59. The van der Waals surface area contributed by atoms with Gasteiger partial charge in [0.25, 0.3) is 5.91 Å². The van der Waals surface area contributed by atoms with Crippen LogP contribution in [0, 0.1) is 0 Å². The van der Waals surface area contributed by atoms with Crippen molar-refractivity contribution in [3.05, 3.63) is 36.2 Å². The molecule has 0 unspecified atom stereocenters. The average Bonchev–Trinajstić information content (AvgIpc) is 2.98. The summed E-state index contributed by atoms with van der Waals surface area (Å²) in [5.41, 5.74) is 6.76. The SMILES string of the molecule is CC[C@@H](Cn1ccnc1)NC(=O)c1cc(C(C)C)nc(N)n1. The van der Waals surface area contributed by atoms with E-state index in [4.69, 9.17) is 5.73 Å². The Morgan fingerprint density at radius 2 is 2.18 bits per heavy atom. The average molecular weight is 302 g/mol. The highest BCUT2D eigenvalue weighted by Gasteiger charge is 2.16. The van der Waals surface area contributed by atoms with Gasteiger partial charge in [0, 0.05) is 30.7 Å². The van der Waals surface area contributed by atoms with Gasteiger partial charge in [0.05, 0.1) is 6.33 Å². The van der Waals surface area contributed by atoms with Gasteiger partial charge < -0.3 is 15.6 Å². The van der Waals surface area contributed by atoms with E-state index in [-0.39, 0.29) is 23.8 Å². The number of carbonyl (C=O) groups excluding carboxylic acids is 1. The summed E-state index contributed by atoms with van der Waals surface area (Å²) >= 11 is 0. The van der Waals surface area contributed by atoms with E-state index < -0.39 is 0 Å². The van der Waals surface area contributed by atoms with Crippen molar-refractivity contribution in [2.24, 2.45) is 0 Å². The molecule has 1 atom stereocenters. The van der Waals surface area contributed by atoms with E-state index in [9.17, 15) is 4.79 Å². The van der Waals surface area contributed by atoms with E-state index in [1.807, 2.05) is 31.5 Å². The van der Waals surface area contributed by atoms with Crippen LogP contribution in [0.5, 0.6) is 0 Å². The van der Waals surface area contributed by atoms with Crippen molar-refractivity contribution in [2.45, 2.75) is 45.7 Å². The molecule has 2 aromatic rings. The number of aromatic nitrogens is 4. The Morgan fingerprint density at radius 3 is 2.77 bits per heavy atom. The maximum Gasteiger partial charge on any atom is 0.270 e. The van der Waals surface area contributed by atoms with E-state index >= 15 is 0 Å². The number of amides is 1. The fraction of sp³-hybridized carbons (Fsp3) is 0.467. The van der Waals surface area contributed by atoms with Crippen molar-refractivity contribution in [1.29, 1.82) is 0 Å². The summed E-state index contributed by atoms with van der Waals surface area (Å²) < 4.78 is 1.93. The van der Waals surface area contributed by atoms with Gasteiger partial charge in [-0.15, -0.1) is 0 Å². The Bertz CT molecular complexity index is 623. The molecule has 7 heteroatoms. The molecule has 0 aliphatic heterocycles. The molecule has 22 heavy (non-hydrogen) atoms. The highest BCUT2D eigenvalue weighted by atomic mass is 16.1. The molecule has 1 amide bonds.